The third-order valence-electron chi connectivity index (χ3n) is 2.11. The van der Waals surface area contributed by atoms with Gasteiger partial charge in [-0.15, -0.1) is 11.3 Å². The van der Waals surface area contributed by atoms with Gasteiger partial charge in [0, 0.05) is 17.6 Å². The van der Waals surface area contributed by atoms with Gasteiger partial charge in [0.25, 0.3) is 0 Å². The van der Waals surface area contributed by atoms with E-state index < -0.39 is 0 Å². The molecule has 1 aliphatic heterocycles. The minimum absolute atomic E-state index is 0.176. The SMILES string of the molecule is CC[C@@H]1NCO[C@H]1c1nccs1. The lowest BCUT2D eigenvalue weighted by Gasteiger charge is -2.12. The monoisotopic (exact) mass is 184 g/mol. The van der Waals surface area contributed by atoms with Crippen LogP contribution >= 0.6 is 11.3 Å². The van der Waals surface area contributed by atoms with Gasteiger partial charge in [0.1, 0.15) is 11.1 Å². The van der Waals surface area contributed by atoms with Gasteiger partial charge in [-0.25, -0.2) is 4.98 Å². The third kappa shape index (κ3) is 1.37. The van der Waals surface area contributed by atoms with E-state index in [1.807, 2.05) is 11.6 Å². The van der Waals surface area contributed by atoms with Gasteiger partial charge in [0.05, 0.1) is 6.73 Å². The molecule has 66 valence electrons. The van der Waals surface area contributed by atoms with E-state index in [1.165, 1.54) is 0 Å². The number of nitrogens with zero attached hydrogens (tertiary/aromatic N) is 1. The smallest absolute Gasteiger partial charge is 0.126 e. The normalized spacial score (nSPS) is 29.4. The van der Waals surface area contributed by atoms with Crippen LogP contribution in [-0.2, 0) is 4.74 Å². The Kier molecular flexibility index (Phi) is 2.39. The Bertz CT molecular complexity index is 237. The van der Waals surface area contributed by atoms with Gasteiger partial charge >= 0.3 is 0 Å². The number of aromatic nitrogens is 1. The molecule has 1 fully saturated rings. The van der Waals surface area contributed by atoms with Crippen LogP contribution in [0, 0.1) is 0 Å². The molecular formula is C8H12N2OS. The van der Waals surface area contributed by atoms with Gasteiger partial charge in [-0.3, -0.25) is 5.32 Å². The third-order valence-corrected chi connectivity index (χ3v) is 2.95. The second kappa shape index (κ2) is 3.51. The Balaban J connectivity index is 2.13. The molecule has 4 heteroatoms. The van der Waals surface area contributed by atoms with Crippen LogP contribution in [0.2, 0.25) is 0 Å². The summed E-state index contributed by atoms with van der Waals surface area (Å²) in [6.07, 6.45) is 3.09. The molecule has 0 amide bonds. The average Bonchev–Trinajstić information content (AvgIpc) is 2.74. The first kappa shape index (κ1) is 8.16. The van der Waals surface area contributed by atoms with Crippen molar-refractivity contribution in [2.24, 2.45) is 0 Å². The van der Waals surface area contributed by atoms with Gasteiger partial charge in [0.15, 0.2) is 0 Å². The first-order valence-corrected chi connectivity index (χ1v) is 5.04. The summed E-state index contributed by atoms with van der Waals surface area (Å²) in [6, 6.07) is 0.441. The molecule has 1 aromatic heterocycles. The zero-order chi connectivity index (χ0) is 8.39. The predicted molar refractivity (Wildman–Crippen MR) is 48.0 cm³/mol. The number of ether oxygens (including phenoxy) is 1. The standard InChI is InChI=1S/C8H12N2OS/c1-2-6-7(11-5-10-6)8-9-3-4-12-8/h3-4,6-7,10H,2,5H2,1H3/t6-,7+/m0/s1. The Morgan fingerprint density at radius 2 is 2.75 bits per heavy atom. The fraction of sp³-hybridized carbons (Fsp3) is 0.625. The van der Waals surface area contributed by atoms with E-state index in [0.717, 1.165) is 11.4 Å². The van der Waals surface area contributed by atoms with E-state index in [2.05, 4.69) is 17.2 Å². The van der Waals surface area contributed by atoms with Crippen molar-refractivity contribution in [2.75, 3.05) is 6.73 Å². The van der Waals surface area contributed by atoms with Crippen molar-refractivity contribution >= 4 is 11.3 Å². The first-order valence-electron chi connectivity index (χ1n) is 4.16. The maximum Gasteiger partial charge on any atom is 0.126 e. The summed E-state index contributed by atoms with van der Waals surface area (Å²) in [5.74, 6) is 0. The molecule has 0 aliphatic carbocycles. The minimum atomic E-state index is 0.176. The lowest BCUT2D eigenvalue weighted by atomic mass is 10.1. The van der Waals surface area contributed by atoms with Crippen LogP contribution in [0.3, 0.4) is 0 Å². The quantitative estimate of drug-likeness (QED) is 0.757. The fourth-order valence-electron chi connectivity index (χ4n) is 1.44. The highest BCUT2D eigenvalue weighted by atomic mass is 32.1. The molecule has 0 aromatic carbocycles. The van der Waals surface area contributed by atoms with Crippen LogP contribution in [0.1, 0.15) is 24.5 Å². The molecule has 1 aromatic rings. The molecule has 12 heavy (non-hydrogen) atoms. The van der Waals surface area contributed by atoms with Crippen molar-refractivity contribution in [2.45, 2.75) is 25.5 Å². The second-order valence-corrected chi connectivity index (χ2v) is 3.75. The Morgan fingerprint density at radius 1 is 1.83 bits per heavy atom. The van der Waals surface area contributed by atoms with Crippen molar-refractivity contribution in [1.82, 2.24) is 10.3 Å². The molecule has 0 spiro atoms. The molecule has 2 rings (SSSR count). The molecule has 0 unspecified atom stereocenters. The number of hydrogen-bond donors (Lipinski definition) is 1. The highest BCUT2D eigenvalue weighted by molar-refractivity contribution is 7.09. The van der Waals surface area contributed by atoms with E-state index in [0.29, 0.717) is 12.8 Å². The summed E-state index contributed by atoms with van der Waals surface area (Å²) in [6.45, 7) is 2.82. The average molecular weight is 184 g/mol. The van der Waals surface area contributed by atoms with Crippen LogP contribution in [0.4, 0.5) is 0 Å². The molecule has 0 saturated carbocycles. The van der Waals surface area contributed by atoms with Crippen LogP contribution < -0.4 is 5.32 Å². The molecular weight excluding hydrogens is 172 g/mol. The molecule has 1 N–H and O–H groups in total. The van der Waals surface area contributed by atoms with Crippen molar-refractivity contribution < 1.29 is 4.74 Å². The summed E-state index contributed by atoms with van der Waals surface area (Å²) in [5.41, 5.74) is 0. The molecule has 2 heterocycles. The van der Waals surface area contributed by atoms with Gasteiger partial charge in [-0.05, 0) is 6.42 Å². The minimum Gasteiger partial charge on any atom is -0.354 e. The molecule has 2 atom stereocenters. The summed E-state index contributed by atoms with van der Waals surface area (Å²) in [7, 11) is 0. The largest absolute Gasteiger partial charge is 0.354 e. The van der Waals surface area contributed by atoms with Gasteiger partial charge in [-0.2, -0.15) is 0 Å². The lowest BCUT2D eigenvalue weighted by molar-refractivity contribution is 0.102. The van der Waals surface area contributed by atoms with Crippen molar-refractivity contribution in [3.8, 4) is 0 Å². The number of rotatable bonds is 2. The predicted octanol–water partition coefficient (Wildman–Crippen LogP) is 1.54. The van der Waals surface area contributed by atoms with Crippen LogP contribution in [0.5, 0.6) is 0 Å². The highest BCUT2D eigenvalue weighted by Gasteiger charge is 2.29. The number of nitrogens with one attached hydrogen (secondary N) is 1. The Labute approximate surface area is 75.8 Å². The van der Waals surface area contributed by atoms with E-state index in [4.69, 9.17) is 4.74 Å². The Morgan fingerprint density at radius 3 is 3.42 bits per heavy atom. The molecule has 0 bridgehead atoms. The highest BCUT2D eigenvalue weighted by Crippen LogP contribution is 2.27. The van der Waals surface area contributed by atoms with Crippen molar-refractivity contribution in [1.29, 1.82) is 0 Å². The Hall–Kier alpha value is -0.450. The zero-order valence-electron chi connectivity index (χ0n) is 6.99. The van der Waals surface area contributed by atoms with E-state index >= 15 is 0 Å². The molecule has 1 aliphatic rings. The van der Waals surface area contributed by atoms with Gasteiger partial charge in [0.2, 0.25) is 0 Å². The number of hydrogen-bond acceptors (Lipinski definition) is 4. The van der Waals surface area contributed by atoms with Gasteiger partial charge in [-0.1, -0.05) is 6.92 Å². The topological polar surface area (TPSA) is 34.1 Å². The van der Waals surface area contributed by atoms with E-state index in [1.54, 1.807) is 11.3 Å². The first-order chi connectivity index (χ1) is 5.92. The zero-order valence-corrected chi connectivity index (χ0v) is 7.80. The second-order valence-electron chi connectivity index (χ2n) is 2.82. The maximum absolute atomic E-state index is 5.54. The summed E-state index contributed by atoms with van der Waals surface area (Å²) in [4.78, 5) is 4.25. The number of thiazole rings is 1. The van der Waals surface area contributed by atoms with Crippen LogP contribution in [-0.4, -0.2) is 17.8 Å². The van der Waals surface area contributed by atoms with Crippen molar-refractivity contribution in [3.63, 3.8) is 0 Å². The molecule has 1 saturated heterocycles. The molecule has 0 radical (unpaired) electrons. The van der Waals surface area contributed by atoms with E-state index in [-0.39, 0.29) is 6.10 Å². The maximum atomic E-state index is 5.54. The van der Waals surface area contributed by atoms with Gasteiger partial charge < -0.3 is 4.74 Å². The summed E-state index contributed by atoms with van der Waals surface area (Å²) < 4.78 is 5.54. The summed E-state index contributed by atoms with van der Waals surface area (Å²) in [5, 5.41) is 6.37. The fourth-order valence-corrected chi connectivity index (χ4v) is 2.19. The van der Waals surface area contributed by atoms with Crippen molar-refractivity contribution in [3.05, 3.63) is 16.6 Å². The van der Waals surface area contributed by atoms with Crippen LogP contribution in [0.15, 0.2) is 11.6 Å². The van der Waals surface area contributed by atoms with Crippen LogP contribution in [0.25, 0.3) is 0 Å². The lowest BCUT2D eigenvalue weighted by Crippen LogP contribution is -2.24. The molecule has 3 nitrogen and oxygen atoms in total. The summed E-state index contributed by atoms with van der Waals surface area (Å²) >= 11 is 1.66. The van der Waals surface area contributed by atoms with E-state index in [9.17, 15) is 0 Å².